The molecule has 12 rings (SSSR count). The van der Waals surface area contributed by atoms with Crippen LogP contribution in [0.5, 0.6) is 0 Å². The Bertz CT molecular complexity index is 3650. The fourth-order valence-corrected chi connectivity index (χ4v) is 9.83. The molecule has 0 bridgehead atoms. The number of rotatable bonds is 8. The van der Waals surface area contributed by atoms with E-state index in [1.165, 1.54) is 93.4 Å². The standard InChI is InChI=1S/C63H44N2/c1-43-40-52(51-16-10-17-56(42-51)65-62-22-8-6-19-59(62)60-20-7-9-23-63(60)65)34-39-61(43)64(55-37-32-47(33-38-55)53-29-26-44-12-2-3-14-50(44)41-53)54-35-30-46(31-36-54)45-24-27-49(28-25-45)58-21-11-15-48-13-4-5-18-57(48)58/h2-42H,1H3. The number of para-hydroxylation sites is 2. The van der Waals surface area contributed by atoms with Crippen LogP contribution >= 0.6 is 0 Å². The minimum absolute atomic E-state index is 1.10. The van der Waals surface area contributed by atoms with Gasteiger partial charge in [-0.1, -0.05) is 182 Å². The summed E-state index contributed by atoms with van der Waals surface area (Å²) < 4.78 is 2.39. The summed E-state index contributed by atoms with van der Waals surface area (Å²) in [5.41, 5.74) is 17.7. The highest BCUT2D eigenvalue weighted by molar-refractivity contribution is 6.09. The van der Waals surface area contributed by atoms with Gasteiger partial charge in [0.05, 0.1) is 11.0 Å². The molecule has 1 heterocycles. The highest BCUT2D eigenvalue weighted by atomic mass is 15.1. The van der Waals surface area contributed by atoms with E-state index in [4.69, 9.17) is 0 Å². The molecule has 0 aliphatic carbocycles. The Morgan fingerprint density at radius 2 is 0.785 bits per heavy atom. The third-order valence-electron chi connectivity index (χ3n) is 13.1. The number of aromatic nitrogens is 1. The quantitative estimate of drug-likeness (QED) is 0.148. The fourth-order valence-electron chi connectivity index (χ4n) is 9.83. The molecule has 11 aromatic carbocycles. The average molecular weight is 829 g/mol. The second-order valence-electron chi connectivity index (χ2n) is 17.0. The van der Waals surface area contributed by atoms with Gasteiger partial charge in [-0.2, -0.15) is 0 Å². The highest BCUT2D eigenvalue weighted by Crippen LogP contribution is 2.41. The second kappa shape index (κ2) is 16.0. The predicted octanol–water partition coefficient (Wildman–Crippen LogP) is 17.5. The average Bonchev–Trinajstić information content (AvgIpc) is 3.71. The number of nitrogens with zero attached hydrogens (tertiary/aromatic N) is 2. The molecule has 0 unspecified atom stereocenters. The minimum atomic E-state index is 1.10. The van der Waals surface area contributed by atoms with Gasteiger partial charge in [-0.25, -0.2) is 0 Å². The third-order valence-corrected chi connectivity index (χ3v) is 13.1. The number of anilines is 3. The lowest BCUT2D eigenvalue weighted by Gasteiger charge is -2.28. The van der Waals surface area contributed by atoms with Gasteiger partial charge in [-0.3, -0.25) is 0 Å². The lowest BCUT2D eigenvalue weighted by Crippen LogP contribution is -2.11. The van der Waals surface area contributed by atoms with E-state index in [1.54, 1.807) is 0 Å². The highest BCUT2D eigenvalue weighted by Gasteiger charge is 2.18. The first-order valence-electron chi connectivity index (χ1n) is 22.4. The summed E-state index contributed by atoms with van der Waals surface area (Å²) in [6.07, 6.45) is 0. The molecule has 0 radical (unpaired) electrons. The van der Waals surface area contributed by atoms with Crippen molar-refractivity contribution in [2.75, 3.05) is 4.90 Å². The molecule has 0 atom stereocenters. The molecule has 0 amide bonds. The van der Waals surface area contributed by atoms with Gasteiger partial charge in [0.2, 0.25) is 0 Å². The number of aryl methyl sites for hydroxylation is 1. The van der Waals surface area contributed by atoms with Crippen LogP contribution in [0, 0.1) is 6.92 Å². The van der Waals surface area contributed by atoms with Crippen LogP contribution in [-0.4, -0.2) is 4.57 Å². The van der Waals surface area contributed by atoms with E-state index in [2.05, 4.69) is 265 Å². The van der Waals surface area contributed by atoms with Crippen molar-refractivity contribution in [2.45, 2.75) is 6.92 Å². The maximum absolute atomic E-state index is 2.39. The van der Waals surface area contributed by atoms with E-state index < -0.39 is 0 Å². The molecule has 1 aromatic heterocycles. The van der Waals surface area contributed by atoms with E-state index in [1.807, 2.05) is 0 Å². The lowest BCUT2D eigenvalue weighted by molar-refractivity contribution is 1.18. The summed E-state index contributed by atoms with van der Waals surface area (Å²) in [4.78, 5) is 2.39. The van der Waals surface area contributed by atoms with Gasteiger partial charge >= 0.3 is 0 Å². The molecule has 0 N–H and O–H groups in total. The van der Waals surface area contributed by atoms with Crippen molar-refractivity contribution in [2.24, 2.45) is 0 Å². The smallest absolute Gasteiger partial charge is 0.0541 e. The zero-order valence-corrected chi connectivity index (χ0v) is 36.1. The number of hydrogen-bond donors (Lipinski definition) is 0. The molecule has 0 saturated carbocycles. The summed E-state index contributed by atoms with van der Waals surface area (Å²) in [7, 11) is 0. The molecule has 0 aliphatic heterocycles. The Hall–Kier alpha value is -8.46. The normalized spacial score (nSPS) is 11.5. The molecule has 2 nitrogen and oxygen atoms in total. The van der Waals surface area contributed by atoms with Gasteiger partial charge in [0, 0.05) is 33.5 Å². The van der Waals surface area contributed by atoms with Gasteiger partial charge in [0.1, 0.15) is 0 Å². The first-order chi connectivity index (χ1) is 32.1. The van der Waals surface area contributed by atoms with Gasteiger partial charge in [-0.05, 0) is 145 Å². The molecule has 0 saturated heterocycles. The van der Waals surface area contributed by atoms with Crippen molar-refractivity contribution < 1.29 is 0 Å². The van der Waals surface area contributed by atoms with Crippen molar-refractivity contribution in [3.05, 3.63) is 254 Å². The third kappa shape index (κ3) is 6.93. The second-order valence-corrected chi connectivity index (χ2v) is 17.0. The zero-order chi connectivity index (χ0) is 43.3. The van der Waals surface area contributed by atoms with Crippen molar-refractivity contribution >= 4 is 60.4 Å². The summed E-state index contributed by atoms with van der Waals surface area (Å²) in [6, 6.07) is 90.7. The van der Waals surface area contributed by atoms with Crippen LogP contribution in [0.25, 0.3) is 93.5 Å². The topological polar surface area (TPSA) is 8.17 Å². The predicted molar refractivity (Wildman–Crippen MR) is 277 cm³/mol. The molecule has 306 valence electrons. The maximum atomic E-state index is 2.39. The Kier molecular flexibility index (Phi) is 9.43. The van der Waals surface area contributed by atoms with Crippen LogP contribution < -0.4 is 4.90 Å². The van der Waals surface area contributed by atoms with Crippen LogP contribution in [0.3, 0.4) is 0 Å². The minimum Gasteiger partial charge on any atom is -0.310 e. The summed E-state index contributed by atoms with van der Waals surface area (Å²) in [6.45, 7) is 2.23. The number of fused-ring (bicyclic) bond motifs is 5. The van der Waals surface area contributed by atoms with Crippen molar-refractivity contribution in [3.63, 3.8) is 0 Å². The van der Waals surface area contributed by atoms with E-state index in [9.17, 15) is 0 Å². The van der Waals surface area contributed by atoms with E-state index in [0.717, 1.165) is 22.7 Å². The first kappa shape index (κ1) is 38.2. The molecular weight excluding hydrogens is 785 g/mol. The SMILES string of the molecule is Cc1cc(-c2cccc(-n3c4ccccc4c4ccccc43)c2)ccc1N(c1ccc(-c2ccc(-c3cccc4ccccc34)cc2)cc1)c1ccc(-c2ccc3ccccc3c2)cc1. The van der Waals surface area contributed by atoms with Gasteiger partial charge < -0.3 is 9.47 Å². The van der Waals surface area contributed by atoms with Gasteiger partial charge in [0.25, 0.3) is 0 Å². The lowest BCUT2D eigenvalue weighted by atomic mass is 9.96. The molecule has 65 heavy (non-hydrogen) atoms. The largest absolute Gasteiger partial charge is 0.310 e. The van der Waals surface area contributed by atoms with E-state index >= 15 is 0 Å². The molecule has 0 spiro atoms. The van der Waals surface area contributed by atoms with Crippen LogP contribution in [-0.2, 0) is 0 Å². The Balaban J connectivity index is 0.905. The zero-order valence-electron chi connectivity index (χ0n) is 36.1. The van der Waals surface area contributed by atoms with E-state index in [-0.39, 0.29) is 0 Å². The summed E-state index contributed by atoms with van der Waals surface area (Å²) in [5, 5.41) is 7.56. The first-order valence-corrected chi connectivity index (χ1v) is 22.4. The number of benzene rings is 11. The van der Waals surface area contributed by atoms with Gasteiger partial charge in [0.15, 0.2) is 0 Å². The van der Waals surface area contributed by atoms with Gasteiger partial charge in [-0.15, -0.1) is 0 Å². The molecule has 12 aromatic rings. The molecule has 2 heteroatoms. The van der Waals surface area contributed by atoms with Crippen molar-refractivity contribution in [3.8, 4) is 50.2 Å². The van der Waals surface area contributed by atoms with Crippen LogP contribution in [0.15, 0.2) is 249 Å². The van der Waals surface area contributed by atoms with Crippen LogP contribution in [0.1, 0.15) is 5.56 Å². The van der Waals surface area contributed by atoms with Crippen molar-refractivity contribution in [1.82, 2.24) is 4.57 Å². The van der Waals surface area contributed by atoms with Crippen molar-refractivity contribution in [1.29, 1.82) is 0 Å². The Labute approximate surface area is 379 Å². The Morgan fingerprint density at radius 1 is 0.308 bits per heavy atom. The Morgan fingerprint density at radius 3 is 1.46 bits per heavy atom. The number of hydrogen-bond acceptors (Lipinski definition) is 1. The molecular formula is C63H44N2. The van der Waals surface area contributed by atoms with Crippen LogP contribution in [0.4, 0.5) is 17.1 Å². The summed E-state index contributed by atoms with van der Waals surface area (Å²) in [5.74, 6) is 0. The van der Waals surface area contributed by atoms with Crippen LogP contribution in [0.2, 0.25) is 0 Å². The fraction of sp³-hybridized carbons (Fsp3) is 0.0159. The monoisotopic (exact) mass is 828 g/mol. The maximum Gasteiger partial charge on any atom is 0.0541 e. The molecule has 0 aliphatic rings. The molecule has 0 fully saturated rings. The van der Waals surface area contributed by atoms with E-state index in [0.29, 0.717) is 0 Å². The summed E-state index contributed by atoms with van der Waals surface area (Å²) >= 11 is 0.